The van der Waals surface area contributed by atoms with Crippen LogP contribution < -0.4 is 19.7 Å². The third kappa shape index (κ3) is 5.73. The monoisotopic (exact) mass is 516 g/mol. The quantitative estimate of drug-likeness (QED) is 0.223. The highest BCUT2D eigenvalue weighted by atomic mass is 35.5. The van der Waals surface area contributed by atoms with Crippen molar-refractivity contribution in [2.24, 2.45) is 0 Å². The molecule has 1 aliphatic heterocycles. The topological polar surface area (TPSA) is 84.9 Å². The van der Waals surface area contributed by atoms with E-state index in [0.29, 0.717) is 40.8 Å². The van der Waals surface area contributed by atoms with Crippen molar-refractivity contribution >= 4 is 41.2 Å². The molecule has 0 aromatic heterocycles. The zero-order valence-electron chi connectivity index (χ0n) is 20.2. The zero-order valence-corrected chi connectivity index (χ0v) is 21.0. The Morgan fingerprint density at radius 2 is 1.70 bits per heavy atom. The number of anilines is 1. The molecule has 1 saturated heterocycles. The molecule has 7 nitrogen and oxygen atoms in total. The highest BCUT2D eigenvalue weighted by Gasteiger charge is 2.36. The van der Waals surface area contributed by atoms with Gasteiger partial charge in [0.1, 0.15) is 12.2 Å². The molecule has 1 heterocycles. The Labute approximate surface area is 219 Å². The Morgan fingerprint density at radius 1 is 0.973 bits per heavy atom. The average Bonchev–Trinajstić information content (AvgIpc) is 2.88. The number of imide groups is 2. The molecule has 1 N–H and O–H groups in total. The first-order valence-electron chi connectivity index (χ1n) is 11.7. The van der Waals surface area contributed by atoms with Crippen molar-refractivity contribution in [2.75, 3.05) is 11.5 Å². The lowest BCUT2D eigenvalue weighted by Gasteiger charge is -2.26. The van der Waals surface area contributed by atoms with Crippen molar-refractivity contribution in [1.29, 1.82) is 0 Å². The van der Waals surface area contributed by atoms with Crippen LogP contribution in [0.3, 0.4) is 0 Å². The van der Waals surface area contributed by atoms with Gasteiger partial charge in [0.15, 0.2) is 11.5 Å². The Kier molecular flexibility index (Phi) is 8.05. The van der Waals surface area contributed by atoms with Gasteiger partial charge in [-0.05, 0) is 55.3 Å². The molecule has 188 valence electrons. The molecule has 37 heavy (non-hydrogen) atoms. The molecule has 0 saturated carbocycles. The third-order valence-electron chi connectivity index (χ3n) is 5.58. The fourth-order valence-electron chi connectivity index (χ4n) is 3.90. The SMILES string of the molecule is C=CCc1cc(/C=C2\C(=O)NC(=O)N(c3ccccc3)C2=O)cc(OCC)c1OCc1ccccc1Cl. The number of nitrogens with zero attached hydrogens (tertiary/aromatic N) is 1. The minimum absolute atomic E-state index is 0.180. The van der Waals surface area contributed by atoms with Crippen molar-refractivity contribution in [2.45, 2.75) is 20.0 Å². The fraction of sp³-hybridized carbons (Fsp3) is 0.138. The van der Waals surface area contributed by atoms with E-state index >= 15 is 0 Å². The number of urea groups is 1. The van der Waals surface area contributed by atoms with Crippen LogP contribution in [-0.2, 0) is 22.6 Å². The number of amides is 4. The summed E-state index contributed by atoms with van der Waals surface area (Å²) >= 11 is 6.29. The number of barbiturate groups is 1. The number of nitrogens with one attached hydrogen (secondary N) is 1. The minimum Gasteiger partial charge on any atom is -0.490 e. The lowest BCUT2D eigenvalue weighted by atomic mass is 10.0. The van der Waals surface area contributed by atoms with Crippen LogP contribution in [0.5, 0.6) is 11.5 Å². The molecular formula is C29H25ClN2O5. The van der Waals surface area contributed by atoms with Gasteiger partial charge in [0, 0.05) is 16.1 Å². The zero-order chi connectivity index (χ0) is 26.4. The Morgan fingerprint density at radius 3 is 2.41 bits per heavy atom. The van der Waals surface area contributed by atoms with Gasteiger partial charge in [0.2, 0.25) is 0 Å². The number of rotatable bonds is 9. The second kappa shape index (κ2) is 11.6. The van der Waals surface area contributed by atoms with E-state index in [1.165, 1.54) is 6.08 Å². The summed E-state index contributed by atoms with van der Waals surface area (Å²) < 4.78 is 12.0. The van der Waals surface area contributed by atoms with Gasteiger partial charge in [0.25, 0.3) is 11.8 Å². The maximum atomic E-state index is 13.2. The molecule has 4 rings (SSSR count). The predicted octanol–water partition coefficient (Wildman–Crippen LogP) is 5.71. The molecule has 1 aliphatic rings. The fourth-order valence-corrected chi connectivity index (χ4v) is 4.09. The lowest BCUT2D eigenvalue weighted by Crippen LogP contribution is -2.54. The van der Waals surface area contributed by atoms with Gasteiger partial charge in [-0.25, -0.2) is 9.69 Å². The summed E-state index contributed by atoms with van der Waals surface area (Å²) in [6, 6.07) is 18.5. The van der Waals surface area contributed by atoms with E-state index in [-0.39, 0.29) is 12.2 Å². The van der Waals surface area contributed by atoms with Crippen LogP contribution in [0.2, 0.25) is 5.02 Å². The average molecular weight is 517 g/mol. The summed E-state index contributed by atoms with van der Waals surface area (Å²) in [7, 11) is 0. The highest BCUT2D eigenvalue weighted by molar-refractivity contribution is 6.39. The van der Waals surface area contributed by atoms with Crippen molar-refractivity contribution < 1.29 is 23.9 Å². The number of benzene rings is 3. The molecular weight excluding hydrogens is 492 g/mol. The highest BCUT2D eigenvalue weighted by Crippen LogP contribution is 2.36. The summed E-state index contributed by atoms with van der Waals surface area (Å²) in [5.41, 5.74) is 2.28. The van der Waals surface area contributed by atoms with Crippen LogP contribution in [0.4, 0.5) is 10.5 Å². The summed E-state index contributed by atoms with van der Waals surface area (Å²) in [5.74, 6) is -0.531. The van der Waals surface area contributed by atoms with Crippen molar-refractivity contribution in [3.05, 3.63) is 107 Å². The van der Waals surface area contributed by atoms with Crippen LogP contribution in [0.15, 0.2) is 85.0 Å². The first-order valence-corrected chi connectivity index (χ1v) is 12.0. The van der Waals surface area contributed by atoms with Gasteiger partial charge >= 0.3 is 6.03 Å². The van der Waals surface area contributed by atoms with Gasteiger partial charge in [-0.1, -0.05) is 54.1 Å². The van der Waals surface area contributed by atoms with Crippen molar-refractivity contribution in [3.63, 3.8) is 0 Å². The Bertz CT molecular complexity index is 1380. The molecule has 0 atom stereocenters. The van der Waals surface area contributed by atoms with Gasteiger partial charge < -0.3 is 9.47 Å². The molecule has 0 bridgehead atoms. The van der Waals surface area contributed by atoms with Crippen LogP contribution in [0, 0.1) is 0 Å². The predicted molar refractivity (Wildman–Crippen MR) is 143 cm³/mol. The van der Waals surface area contributed by atoms with Gasteiger partial charge in [-0.15, -0.1) is 6.58 Å². The molecule has 0 unspecified atom stereocenters. The van der Waals surface area contributed by atoms with Crippen molar-refractivity contribution in [1.82, 2.24) is 5.32 Å². The maximum absolute atomic E-state index is 13.2. The molecule has 4 amide bonds. The van der Waals surface area contributed by atoms with E-state index < -0.39 is 17.8 Å². The summed E-state index contributed by atoms with van der Waals surface area (Å²) in [5, 5.41) is 2.83. The number of carbonyl (C=O) groups excluding carboxylic acids is 3. The second-order valence-electron chi connectivity index (χ2n) is 8.11. The number of ether oxygens (including phenoxy) is 2. The van der Waals surface area contributed by atoms with Crippen molar-refractivity contribution in [3.8, 4) is 11.5 Å². The van der Waals surface area contributed by atoms with E-state index in [9.17, 15) is 14.4 Å². The first kappa shape index (κ1) is 25.7. The summed E-state index contributed by atoms with van der Waals surface area (Å²) in [6.45, 7) is 6.26. The number of hydrogen-bond acceptors (Lipinski definition) is 5. The van der Waals surface area contributed by atoms with Gasteiger partial charge in [-0.3, -0.25) is 14.9 Å². The van der Waals surface area contributed by atoms with E-state index in [4.69, 9.17) is 21.1 Å². The molecule has 3 aromatic rings. The van der Waals surface area contributed by atoms with Gasteiger partial charge in [-0.2, -0.15) is 0 Å². The summed E-state index contributed by atoms with van der Waals surface area (Å²) in [6.07, 6.45) is 3.61. The van der Waals surface area contributed by atoms with Crippen LogP contribution in [0.25, 0.3) is 6.08 Å². The number of allylic oxidation sites excluding steroid dienone is 1. The number of para-hydroxylation sites is 1. The molecule has 0 radical (unpaired) electrons. The molecule has 1 fully saturated rings. The number of halogens is 1. The van der Waals surface area contributed by atoms with E-state index in [1.807, 2.05) is 25.1 Å². The standard InChI is InChI=1S/C29H25ClN2O5/c1-3-10-20-15-19(17-25(36-4-2)26(20)37-18-21-11-8-9-14-24(21)30)16-23-27(33)31-29(35)32(28(23)34)22-12-6-5-7-13-22/h3,5-9,11-17H,1,4,10,18H2,2H3,(H,31,33,35)/b23-16+. The van der Waals surface area contributed by atoms with Crippen LogP contribution in [0.1, 0.15) is 23.6 Å². The number of carbonyl (C=O) groups is 3. The maximum Gasteiger partial charge on any atom is 0.335 e. The van der Waals surface area contributed by atoms with E-state index in [1.54, 1.807) is 54.6 Å². The molecule has 0 spiro atoms. The number of hydrogen-bond donors (Lipinski definition) is 1. The van der Waals surface area contributed by atoms with Gasteiger partial charge in [0.05, 0.1) is 12.3 Å². The molecule has 0 aliphatic carbocycles. The first-order chi connectivity index (χ1) is 17.9. The van der Waals surface area contributed by atoms with Crippen LogP contribution in [-0.4, -0.2) is 24.5 Å². The lowest BCUT2D eigenvalue weighted by molar-refractivity contribution is -0.122. The minimum atomic E-state index is -0.802. The molecule has 8 heteroatoms. The second-order valence-corrected chi connectivity index (χ2v) is 8.51. The van der Waals surface area contributed by atoms with E-state index in [2.05, 4.69) is 11.9 Å². The Balaban J connectivity index is 1.72. The summed E-state index contributed by atoms with van der Waals surface area (Å²) in [4.78, 5) is 39.2. The molecule has 3 aromatic carbocycles. The smallest absolute Gasteiger partial charge is 0.335 e. The van der Waals surface area contributed by atoms with E-state index in [0.717, 1.165) is 16.0 Å². The van der Waals surface area contributed by atoms with Crippen LogP contribution >= 0.6 is 11.6 Å². The normalized spacial score (nSPS) is 14.5. The Hall–Kier alpha value is -4.36. The third-order valence-corrected chi connectivity index (χ3v) is 5.94. The largest absolute Gasteiger partial charge is 0.490 e.